The van der Waals surface area contributed by atoms with Gasteiger partial charge < -0.3 is 0 Å². The van der Waals surface area contributed by atoms with Gasteiger partial charge in [0.15, 0.2) is 0 Å². The summed E-state index contributed by atoms with van der Waals surface area (Å²) in [5.41, 5.74) is 3.98. The molecule has 0 fully saturated rings. The Labute approximate surface area is 76.5 Å². The van der Waals surface area contributed by atoms with Gasteiger partial charge in [-0.3, -0.25) is 0 Å². The van der Waals surface area contributed by atoms with Gasteiger partial charge in [-0.1, -0.05) is 24.3 Å². The summed E-state index contributed by atoms with van der Waals surface area (Å²) < 4.78 is 0. The molecule has 2 rings (SSSR count). The summed E-state index contributed by atoms with van der Waals surface area (Å²) in [6.07, 6.45) is 0. The lowest BCUT2D eigenvalue weighted by Crippen LogP contribution is -1.74. The Morgan fingerprint density at radius 1 is 1.17 bits per heavy atom. The van der Waals surface area contributed by atoms with Crippen LogP contribution in [-0.2, 0) is 0 Å². The van der Waals surface area contributed by atoms with Gasteiger partial charge in [0, 0.05) is 0 Å². The molecule has 59 valence electrons. The second-order valence-corrected chi connectivity index (χ2v) is 3.50. The van der Waals surface area contributed by atoms with Gasteiger partial charge in [-0.2, -0.15) is 11.3 Å². The van der Waals surface area contributed by atoms with Crippen LogP contribution in [0.1, 0.15) is 5.56 Å². The Morgan fingerprint density at radius 2 is 1.92 bits per heavy atom. The molecule has 1 aromatic heterocycles. The Hall–Kier alpha value is -1.08. The SMILES string of the molecule is Cc1cscc1-c1cc[c]cc1. The van der Waals surface area contributed by atoms with E-state index >= 15 is 0 Å². The monoisotopic (exact) mass is 173 g/mol. The van der Waals surface area contributed by atoms with Gasteiger partial charge in [-0.05, 0) is 40.4 Å². The second-order valence-electron chi connectivity index (χ2n) is 2.76. The van der Waals surface area contributed by atoms with Gasteiger partial charge >= 0.3 is 0 Å². The molecule has 0 unspecified atom stereocenters. The number of thiophene rings is 1. The molecule has 0 saturated heterocycles. The zero-order valence-electron chi connectivity index (χ0n) is 6.87. The van der Waals surface area contributed by atoms with Gasteiger partial charge in [0.2, 0.25) is 0 Å². The van der Waals surface area contributed by atoms with E-state index in [1.807, 2.05) is 12.1 Å². The van der Waals surface area contributed by atoms with E-state index in [4.69, 9.17) is 0 Å². The minimum absolute atomic E-state index is 1.28. The molecule has 0 N–H and O–H groups in total. The van der Waals surface area contributed by atoms with Crippen LogP contribution in [0.3, 0.4) is 0 Å². The third-order valence-electron chi connectivity index (χ3n) is 1.88. The normalized spacial score (nSPS) is 10.1. The number of aryl methyl sites for hydroxylation is 1. The van der Waals surface area contributed by atoms with Gasteiger partial charge in [0.1, 0.15) is 0 Å². The summed E-state index contributed by atoms with van der Waals surface area (Å²) >= 11 is 1.75. The molecular formula is C11H9S. The lowest BCUT2D eigenvalue weighted by atomic mass is 10.1. The lowest BCUT2D eigenvalue weighted by Gasteiger charge is -1.97. The summed E-state index contributed by atoms with van der Waals surface area (Å²) in [5, 5.41) is 4.36. The van der Waals surface area contributed by atoms with Crippen LogP contribution in [-0.4, -0.2) is 0 Å². The second kappa shape index (κ2) is 3.11. The van der Waals surface area contributed by atoms with Crippen LogP contribution in [0.25, 0.3) is 11.1 Å². The molecule has 0 bridgehead atoms. The Bertz CT molecular complexity index is 360. The van der Waals surface area contributed by atoms with E-state index in [9.17, 15) is 0 Å². The topological polar surface area (TPSA) is 0 Å². The third-order valence-corrected chi connectivity index (χ3v) is 2.75. The summed E-state index contributed by atoms with van der Waals surface area (Å²) in [5.74, 6) is 0. The predicted molar refractivity (Wildman–Crippen MR) is 53.3 cm³/mol. The molecule has 0 amide bonds. The molecule has 1 aromatic carbocycles. The highest BCUT2D eigenvalue weighted by atomic mass is 32.1. The average molecular weight is 173 g/mol. The first kappa shape index (κ1) is 7.56. The van der Waals surface area contributed by atoms with Crippen molar-refractivity contribution in [1.82, 2.24) is 0 Å². The van der Waals surface area contributed by atoms with E-state index in [2.05, 4.69) is 35.9 Å². The maximum Gasteiger partial charge on any atom is -0.00120 e. The van der Waals surface area contributed by atoms with Gasteiger partial charge in [0.05, 0.1) is 0 Å². The molecule has 1 radical (unpaired) electrons. The van der Waals surface area contributed by atoms with Gasteiger partial charge in [-0.15, -0.1) is 0 Å². The molecule has 1 heterocycles. The third kappa shape index (κ3) is 1.28. The quantitative estimate of drug-likeness (QED) is 0.619. The standard InChI is InChI=1S/C11H9S/c1-9-7-12-8-11(9)10-5-3-2-4-6-10/h3-8H,1H3. The Balaban J connectivity index is 2.51. The van der Waals surface area contributed by atoms with Crippen molar-refractivity contribution in [1.29, 1.82) is 0 Å². The lowest BCUT2D eigenvalue weighted by molar-refractivity contribution is 1.53. The molecule has 0 aliphatic rings. The fraction of sp³-hybridized carbons (Fsp3) is 0.0909. The minimum Gasteiger partial charge on any atom is -0.151 e. The Kier molecular flexibility index (Phi) is 1.96. The molecule has 0 aliphatic carbocycles. The molecule has 0 nitrogen and oxygen atoms in total. The van der Waals surface area contributed by atoms with Crippen LogP contribution in [0.5, 0.6) is 0 Å². The van der Waals surface area contributed by atoms with Crippen LogP contribution in [0.15, 0.2) is 35.0 Å². The first-order valence-electron chi connectivity index (χ1n) is 3.87. The highest BCUT2D eigenvalue weighted by molar-refractivity contribution is 7.08. The van der Waals surface area contributed by atoms with E-state index in [1.54, 1.807) is 11.3 Å². The fourth-order valence-electron chi connectivity index (χ4n) is 1.22. The van der Waals surface area contributed by atoms with Gasteiger partial charge in [-0.25, -0.2) is 0 Å². The molecular weight excluding hydrogens is 164 g/mol. The van der Waals surface area contributed by atoms with Crippen molar-refractivity contribution < 1.29 is 0 Å². The summed E-state index contributed by atoms with van der Waals surface area (Å²) in [7, 11) is 0. The zero-order chi connectivity index (χ0) is 8.39. The number of rotatable bonds is 1. The van der Waals surface area contributed by atoms with Crippen molar-refractivity contribution in [2.24, 2.45) is 0 Å². The largest absolute Gasteiger partial charge is 0.151 e. The van der Waals surface area contributed by atoms with E-state index < -0.39 is 0 Å². The molecule has 2 aromatic rings. The first-order chi connectivity index (χ1) is 5.88. The highest BCUT2D eigenvalue weighted by Gasteiger charge is 2.00. The first-order valence-corrected chi connectivity index (χ1v) is 4.81. The zero-order valence-corrected chi connectivity index (χ0v) is 7.69. The van der Waals surface area contributed by atoms with Crippen LogP contribution in [0, 0.1) is 13.0 Å². The van der Waals surface area contributed by atoms with Crippen molar-refractivity contribution in [2.45, 2.75) is 6.92 Å². The number of hydrogen-bond acceptors (Lipinski definition) is 1. The average Bonchev–Trinajstić information content (AvgIpc) is 2.53. The van der Waals surface area contributed by atoms with Crippen LogP contribution in [0.2, 0.25) is 0 Å². The van der Waals surface area contributed by atoms with Gasteiger partial charge in [0.25, 0.3) is 0 Å². The Morgan fingerprint density at radius 3 is 2.50 bits per heavy atom. The minimum atomic E-state index is 1.28. The smallest absolute Gasteiger partial charge is 0.00120 e. The maximum atomic E-state index is 3.02. The molecule has 0 aliphatic heterocycles. The van der Waals surface area contributed by atoms with E-state index in [-0.39, 0.29) is 0 Å². The summed E-state index contributed by atoms with van der Waals surface area (Å²) in [4.78, 5) is 0. The number of benzene rings is 1. The maximum absolute atomic E-state index is 3.02. The van der Waals surface area contributed by atoms with E-state index in [1.165, 1.54) is 16.7 Å². The molecule has 0 spiro atoms. The fourth-order valence-corrected chi connectivity index (χ4v) is 2.08. The van der Waals surface area contributed by atoms with Crippen molar-refractivity contribution in [3.63, 3.8) is 0 Å². The van der Waals surface area contributed by atoms with Crippen LogP contribution in [0.4, 0.5) is 0 Å². The highest BCUT2D eigenvalue weighted by Crippen LogP contribution is 2.25. The van der Waals surface area contributed by atoms with Crippen LogP contribution >= 0.6 is 11.3 Å². The summed E-state index contributed by atoms with van der Waals surface area (Å²) in [6.45, 7) is 2.14. The van der Waals surface area contributed by atoms with E-state index in [0.29, 0.717) is 0 Å². The van der Waals surface area contributed by atoms with Crippen molar-refractivity contribution >= 4 is 11.3 Å². The summed E-state index contributed by atoms with van der Waals surface area (Å²) in [6, 6.07) is 11.1. The van der Waals surface area contributed by atoms with Crippen molar-refractivity contribution in [3.05, 3.63) is 46.7 Å². The van der Waals surface area contributed by atoms with Crippen molar-refractivity contribution in [2.75, 3.05) is 0 Å². The van der Waals surface area contributed by atoms with Crippen molar-refractivity contribution in [3.8, 4) is 11.1 Å². The van der Waals surface area contributed by atoms with Crippen LogP contribution < -0.4 is 0 Å². The predicted octanol–water partition coefficient (Wildman–Crippen LogP) is 3.52. The number of hydrogen-bond donors (Lipinski definition) is 0. The molecule has 12 heavy (non-hydrogen) atoms. The molecule has 0 saturated carbocycles. The van der Waals surface area contributed by atoms with E-state index in [0.717, 1.165) is 0 Å². The molecule has 1 heteroatoms. The molecule has 0 atom stereocenters.